The van der Waals surface area contributed by atoms with Gasteiger partial charge in [-0.1, -0.05) is 6.92 Å². The minimum atomic E-state index is -0.136. The highest BCUT2D eigenvalue weighted by molar-refractivity contribution is 5.91. The number of nitrogens with zero attached hydrogens (tertiary/aromatic N) is 4. The highest BCUT2D eigenvalue weighted by atomic mass is 16.2. The predicted octanol–water partition coefficient (Wildman–Crippen LogP) is 0.744. The van der Waals surface area contributed by atoms with E-state index in [-0.39, 0.29) is 5.91 Å². The van der Waals surface area contributed by atoms with Gasteiger partial charge in [-0.25, -0.2) is 0 Å². The number of hydrogen-bond donors (Lipinski definition) is 1. The molecule has 0 aliphatic rings. The number of aromatic nitrogens is 2. The molecule has 0 fully saturated rings. The minimum absolute atomic E-state index is 0.136. The van der Waals surface area contributed by atoms with Crippen molar-refractivity contribution < 1.29 is 4.79 Å². The molecule has 1 amide bonds. The Morgan fingerprint density at radius 3 is 2.47 bits per heavy atom. The molecule has 0 atom stereocenters. The van der Waals surface area contributed by atoms with E-state index in [0.717, 1.165) is 31.7 Å². The van der Waals surface area contributed by atoms with Crippen molar-refractivity contribution in [2.75, 3.05) is 38.6 Å². The second-order valence-corrected chi connectivity index (χ2v) is 4.61. The SMILES string of the molecule is CCCN(CCCN)c1ccc(C(=O)N(C)C)nn1. The van der Waals surface area contributed by atoms with Crippen LogP contribution in [0, 0.1) is 0 Å². The van der Waals surface area contributed by atoms with E-state index in [4.69, 9.17) is 5.73 Å². The first-order valence-corrected chi connectivity index (χ1v) is 6.60. The topological polar surface area (TPSA) is 75.3 Å². The van der Waals surface area contributed by atoms with Gasteiger partial charge in [0.15, 0.2) is 11.5 Å². The zero-order valence-corrected chi connectivity index (χ0v) is 12.0. The van der Waals surface area contributed by atoms with Gasteiger partial charge in [-0.2, -0.15) is 0 Å². The second-order valence-electron chi connectivity index (χ2n) is 4.61. The van der Waals surface area contributed by atoms with Crippen LogP contribution in [0.1, 0.15) is 30.3 Å². The molecule has 0 spiro atoms. The Labute approximate surface area is 114 Å². The quantitative estimate of drug-likeness (QED) is 0.787. The average Bonchev–Trinajstić information content (AvgIpc) is 2.42. The number of hydrogen-bond acceptors (Lipinski definition) is 5. The Bertz CT molecular complexity index is 391. The highest BCUT2D eigenvalue weighted by Crippen LogP contribution is 2.11. The van der Waals surface area contributed by atoms with E-state index in [2.05, 4.69) is 22.0 Å². The van der Waals surface area contributed by atoms with E-state index in [9.17, 15) is 4.79 Å². The smallest absolute Gasteiger partial charge is 0.273 e. The fourth-order valence-corrected chi connectivity index (χ4v) is 1.73. The summed E-state index contributed by atoms with van der Waals surface area (Å²) in [7, 11) is 3.39. The first-order valence-electron chi connectivity index (χ1n) is 6.60. The Balaban J connectivity index is 2.79. The third-order valence-corrected chi connectivity index (χ3v) is 2.73. The molecular formula is C13H23N5O. The fourth-order valence-electron chi connectivity index (χ4n) is 1.73. The second kappa shape index (κ2) is 7.68. The Kier molecular flexibility index (Phi) is 6.21. The Hall–Kier alpha value is -1.69. The first-order chi connectivity index (χ1) is 9.10. The molecule has 106 valence electrons. The number of nitrogens with two attached hydrogens (primary N) is 1. The summed E-state index contributed by atoms with van der Waals surface area (Å²) in [6, 6.07) is 3.56. The third-order valence-electron chi connectivity index (χ3n) is 2.73. The van der Waals surface area contributed by atoms with Gasteiger partial charge in [-0.15, -0.1) is 10.2 Å². The van der Waals surface area contributed by atoms with Crippen LogP contribution in [0.15, 0.2) is 12.1 Å². The van der Waals surface area contributed by atoms with Crippen LogP contribution >= 0.6 is 0 Å². The molecule has 0 aliphatic heterocycles. The molecular weight excluding hydrogens is 242 g/mol. The summed E-state index contributed by atoms with van der Waals surface area (Å²) in [5.74, 6) is 0.661. The van der Waals surface area contributed by atoms with E-state index in [0.29, 0.717) is 12.2 Å². The predicted molar refractivity (Wildman–Crippen MR) is 76.2 cm³/mol. The van der Waals surface area contributed by atoms with Crippen LogP contribution in [-0.2, 0) is 0 Å². The molecule has 19 heavy (non-hydrogen) atoms. The van der Waals surface area contributed by atoms with Crippen molar-refractivity contribution in [3.63, 3.8) is 0 Å². The maximum atomic E-state index is 11.7. The largest absolute Gasteiger partial charge is 0.355 e. The first kappa shape index (κ1) is 15.4. The lowest BCUT2D eigenvalue weighted by atomic mass is 10.3. The molecule has 1 rings (SSSR count). The van der Waals surface area contributed by atoms with Crippen LogP contribution in [0.4, 0.5) is 5.82 Å². The number of carbonyl (C=O) groups is 1. The Morgan fingerprint density at radius 1 is 1.26 bits per heavy atom. The normalized spacial score (nSPS) is 10.3. The molecule has 0 radical (unpaired) electrons. The minimum Gasteiger partial charge on any atom is -0.355 e. The highest BCUT2D eigenvalue weighted by Gasteiger charge is 2.12. The Morgan fingerprint density at radius 2 is 2.00 bits per heavy atom. The van der Waals surface area contributed by atoms with Gasteiger partial charge < -0.3 is 15.5 Å². The van der Waals surface area contributed by atoms with Crippen LogP contribution in [0.2, 0.25) is 0 Å². The average molecular weight is 265 g/mol. The number of anilines is 1. The van der Waals surface area contributed by atoms with Gasteiger partial charge in [0.05, 0.1) is 0 Å². The molecule has 0 unspecified atom stereocenters. The summed E-state index contributed by atoms with van der Waals surface area (Å²) < 4.78 is 0. The fraction of sp³-hybridized carbons (Fsp3) is 0.615. The van der Waals surface area contributed by atoms with Gasteiger partial charge in [-0.3, -0.25) is 4.79 Å². The molecule has 1 heterocycles. The van der Waals surface area contributed by atoms with Crippen molar-refractivity contribution in [1.29, 1.82) is 0 Å². The van der Waals surface area contributed by atoms with E-state index in [1.165, 1.54) is 4.90 Å². The van der Waals surface area contributed by atoms with Crippen LogP contribution < -0.4 is 10.6 Å². The summed E-state index contributed by atoms with van der Waals surface area (Å²) in [5.41, 5.74) is 5.90. The molecule has 2 N–H and O–H groups in total. The third kappa shape index (κ3) is 4.48. The standard InChI is InChI=1S/C13H23N5O/c1-4-9-18(10-5-8-14)12-7-6-11(15-16-12)13(19)17(2)3/h6-7H,4-5,8-10,14H2,1-3H3. The van der Waals surface area contributed by atoms with Crippen molar-refractivity contribution >= 4 is 11.7 Å². The van der Waals surface area contributed by atoms with Crippen LogP contribution in [0.3, 0.4) is 0 Å². The monoisotopic (exact) mass is 265 g/mol. The number of amides is 1. The molecule has 0 bridgehead atoms. The zero-order chi connectivity index (χ0) is 14.3. The summed E-state index contributed by atoms with van der Waals surface area (Å²) in [6.45, 7) is 4.55. The van der Waals surface area contributed by atoms with Gasteiger partial charge in [0.1, 0.15) is 0 Å². The molecule has 0 saturated carbocycles. The van der Waals surface area contributed by atoms with Gasteiger partial charge in [0.2, 0.25) is 0 Å². The maximum Gasteiger partial charge on any atom is 0.273 e. The van der Waals surface area contributed by atoms with Crippen molar-refractivity contribution in [2.45, 2.75) is 19.8 Å². The molecule has 1 aromatic heterocycles. The van der Waals surface area contributed by atoms with Crippen LogP contribution in [0.25, 0.3) is 0 Å². The summed E-state index contributed by atoms with van der Waals surface area (Å²) in [6.07, 6.45) is 1.95. The maximum absolute atomic E-state index is 11.7. The molecule has 0 aliphatic carbocycles. The summed E-state index contributed by atoms with van der Waals surface area (Å²) >= 11 is 0. The molecule has 1 aromatic rings. The van der Waals surface area contributed by atoms with E-state index >= 15 is 0 Å². The number of carbonyl (C=O) groups excluding carboxylic acids is 1. The van der Waals surface area contributed by atoms with Crippen molar-refractivity contribution in [1.82, 2.24) is 15.1 Å². The molecule has 6 nitrogen and oxygen atoms in total. The summed E-state index contributed by atoms with van der Waals surface area (Å²) in [4.78, 5) is 15.3. The summed E-state index contributed by atoms with van der Waals surface area (Å²) in [5, 5.41) is 8.14. The van der Waals surface area contributed by atoms with Gasteiger partial charge in [-0.05, 0) is 31.5 Å². The van der Waals surface area contributed by atoms with E-state index in [1.807, 2.05) is 6.07 Å². The molecule has 0 saturated heterocycles. The van der Waals surface area contributed by atoms with Crippen LogP contribution in [0.5, 0.6) is 0 Å². The zero-order valence-electron chi connectivity index (χ0n) is 12.0. The lowest BCUT2D eigenvalue weighted by Gasteiger charge is -2.22. The number of rotatable bonds is 7. The van der Waals surface area contributed by atoms with Crippen LogP contribution in [-0.4, -0.2) is 54.7 Å². The van der Waals surface area contributed by atoms with Crippen molar-refractivity contribution in [3.05, 3.63) is 17.8 Å². The van der Waals surface area contributed by atoms with Gasteiger partial charge in [0.25, 0.3) is 5.91 Å². The lowest BCUT2D eigenvalue weighted by molar-refractivity contribution is 0.0821. The van der Waals surface area contributed by atoms with Gasteiger partial charge >= 0.3 is 0 Å². The molecule has 0 aromatic carbocycles. The van der Waals surface area contributed by atoms with E-state index in [1.54, 1.807) is 20.2 Å². The van der Waals surface area contributed by atoms with Crippen molar-refractivity contribution in [2.24, 2.45) is 5.73 Å². The van der Waals surface area contributed by atoms with Crippen molar-refractivity contribution in [3.8, 4) is 0 Å². The van der Waals surface area contributed by atoms with Gasteiger partial charge in [0, 0.05) is 27.2 Å². The van der Waals surface area contributed by atoms with E-state index < -0.39 is 0 Å². The molecule has 6 heteroatoms. The lowest BCUT2D eigenvalue weighted by Crippen LogP contribution is -2.29.